The number of carboxylic acids is 1. The number of rotatable bonds is 4. The lowest BCUT2D eigenvalue weighted by atomic mass is 10.3. The predicted molar refractivity (Wildman–Crippen MR) is 43.0 cm³/mol. The Balaban J connectivity index is 4.37. The van der Waals surface area contributed by atoms with Gasteiger partial charge in [-0.15, -0.1) is 0 Å². The Morgan fingerprint density at radius 3 is 2.31 bits per heavy atom. The van der Waals surface area contributed by atoms with Crippen LogP contribution in [0.25, 0.3) is 0 Å². The van der Waals surface area contributed by atoms with Crippen molar-refractivity contribution >= 4 is 17.7 Å². The maximum atomic E-state index is 12.1. The first-order valence-electron chi connectivity index (χ1n) is 3.13. The van der Waals surface area contributed by atoms with E-state index in [9.17, 15) is 18.0 Å². The van der Waals surface area contributed by atoms with Crippen molar-refractivity contribution in [2.75, 3.05) is 0 Å². The van der Waals surface area contributed by atoms with E-state index >= 15 is 0 Å². The Bertz CT molecular complexity index is 200. The van der Waals surface area contributed by atoms with Crippen LogP contribution in [0.3, 0.4) is 0 Å². The molecule has 76 valence electrons. The summed E-state index contributed by atoms with van der Waals surface area (Å²) < 4.78 is 36.2. The Morgan fingerprint density at radius 2 is 2.08 bits per heavy atom. The number of hydrogen-bond acceptors (Lipinski definition) is 3. The number of carboxylic acid groups (broad SMARTS) is 1. The number of hydrogen-bond donors (Lipinski definition) is 2. The van der Waals surface area contributed by atoms with E-state index in [1.807, 2.05) is 0 Å². The highest BCUT2D eigenvalue weighted by Gasteiger charge is 2.41. The number of carbonyl (C=O) groups is 1. The standard InChI is InChI=1S/C6H8F3NO2S/c1-3(10)13-4(2-5(11)12)6(7,8)9/h4H,1-2,10H2,(H,11,12). The summed E-state index contributed by atoms with van der Waals surface area (Å²) in [5.74, 6) is -1.52. The molecular formula is C6H8F3NO2S. The maximum Gasteiger partial charge on any atom is 0.401 e. The van der Waals surface area contributed by atoms with Gasteiger partial charge in [0.25, 0.3) is 0 Å². The molecule has 7 heteroatoms. The van der Waals surface area contributed by atoms with E-state index in [0.29, 0.717) is 0 Å². The van der Waals surface area contributed by atoms with Crippen molar-refractivity contribution in [2.24, 2.45) is 5.73 Å². The van der Waals surface area contributed by atoms with Crippen LogP contribution in [0.1, 0.15) is 6.42 Å². The quantitative estimate of drug-likeness (QED) is 0.746. The molecule has 0 rings (SSSR count). The second-order valence-corrected chi connectivity index (χ2v) is 3.54. The minimum absolute atomic E-state index is 0.212. The lowest BCUT2D eigenvalue weighted by Crippen LogP contribution is -2.29. The largest absolute Gasteiger partial charge is 0.481 e. The van der Waals surface area contributed by atoms with E-state index in [-0.39, 0.29) is 16.8 Å². The zero-order chi connectivity index (χ0) is 10.6. The molecule has 13 heavy (non-hydrogen) atoms. The van der Waals surface area contributed by atoms with Crippen LogP contribution in [0.15, 0.2) is 11.6 Å². The van der Waals surface area contributed by atoms with Crippen LogP contribution in [0.5, 0.6) is 0 Å². The summed E-state index contributed by atoms with van der Waals surface area (Å²) in [6, 6.07) is 0. The monoisotopic (exact) mass is 215 g/mol. The molecular weight excluding hydrogens is 207 g/mol. The number of nitrogens with two attached hydrogens (primary N) is 1. The second kappa shape index (κ2) is 4.40. The second-order valence-electron chi connectivity index (χ2n) is 2.21. The zero-order valence-electron chi connectivity index (χ0n) is 6.47. The molecule has 0 bridgehead atoms. The molecule has 0 aromatic heterocycles. The zero-order valence-corrected chi connectivity index (χ0v) is 7.28. The van der Waals surface area contributed by atoms with E-state index in [2.05, 4.69) is 6.58 Å². The normalized spacial score (nSPS) is 13.8. The Kier molecular flexibility index (Phi) is 4.12. The molecule has 0 fully saturated rings. The van der Waals surface area contributed by atoms with Crippen molar-refractivity contribution < 1.29 is 23.1 Å². The predicted octanol–water partition coefficient (Wildman–Crippen LogP) is 1.56. The van der Waals surface area contributed by atoms with Gasteiger partial charge in [-0.2, -0.15) is 13.2 Å². The van der Waals surface area contributed by atoms with E-state index in [1.54, 1.807) is 0 Å². The summed E-state index contributed by atoms with van der Waals surface area (Å²) in [4.78, 5) is 10.1. The molecule has 0 aliphatic heterocycles. The summed E-state index contributed by atoms with van der Waals surface area (Å²) in [6.45, 7) is 3.06. The molecule has 0 saturated heterocycles. The third-order valence-corrected chi connectivity index (χ3v) is 2.04. The van der Waals surface area contributed by atoms with Gasteiger partial charge in [0.2, 0.25) is 0 Å². The van der Waals surface area contributed by atoms with Crippen LogP contribution in [0.2, 0.25) is 0 Å². The molecule has 0 amide bonds. The van der Waals surface area contributed by atoms with Crippen molar-refractivity contribution in [3.63, 3.8) is 0 Å². The van der Waals surface area contributed by atoms with Crippen LogP contribution in [-0.4, -0.2) is 22.5 Å². The lowest BCUT2D eigenvalue weighted by molar-refractivity contribution is -0.149. The molecule has 0 saturated carbocycles. The highest BCUT2D eigenvalue weighted by molar-refractivity contribution is 8.03. The van der Waals surface area contributed by atoms with Gasteiger partial charge in [-0.3, -0.25) is 4.79 Å². The van der Waals surface area contributed by atoms with E-state index in [0.717, 1.165) is 0 Å². The average Bonchev–Trinajstić information content (AvgIpc) is 1.81. The Labute approximate surface area is 76.8 Å². The van der Waals surface area contributed by atoms with Crippen LogP contribution in [0.4, 0.5) is 13.2 Å². The first-order valence-corrected chi connectivity index (χ1v) is 4.01. The summed E-state index contributed by atoms with van der Waals surface area (Å²) >= 11 is 0.212. The summed E-state index contributed by atoms with van der Waals surface area (Å²) in [7, 11) is 0. The molecule has 0 aromatic rings. The highest BCUT2D eigenvalue weighted by atomic mass is 32.2. The van der Waals surface area contributed by atoms with Crippen molar-refractivity contribution in [1.82, 2.24) is 0 Å². The minimum Gasteiger partial charge on any atom is -0.481 e. The van der Waals surface area contributed by atoms with Crippen molar-refractivity contribution in [2.45, 2.75) is 17.8 Å². The summed E-state index contributed by atoms with van der Waals surface area (Å²) in [6.07, 6.45) is -5.59. The van der Waals surface area contributed by atoms with Crippen molar-refractivity contribution in [3.8, 4) is 0 Å². The molecule has 0 heterocycles. The molecule has 0 spiro atoms. The third-order valence-electron chi connectivity index (χ3n) is 1.02. The Morgan fingerprint density at radius 1 is 1.62 bits per heavy atom. The van der Waals surface area contributed by atoms with E-state index in [4.69, 9.17) is 10.8 Å². The smallest absolute Gasteiger partial charge is 0.401 e. The molecule has 0 radical (unpaired) electrons. The molecule has 1 unspecified atom stereocenters. The molecule has 1 atom stereocenters. The Hall–Kier alpha value is -0.850. The van der Waals surface area contributed by atoms with Crippen LogP contribution >= 0.6 is 11.8 Å². The van der Waals surface area contributed by atoms with Crippen LogP contribution in [0, 0.1) is 0 Å². The molecule has 3 nitrogen and oxygen atoms in total. The maximum absolute atomic E-state index is 12.1. The van der Waals surface area contributed by atoms with Gasteiger partial charge in [-0.05, 0) is 0 Å². The fourth-order valence-electron chi connectivity index (χ4n) is 0.566. The van der Waals surface area contributed by atoms with Gasteiger partial charge in [-0.25, -0.2) is 0 Å². The molecule has 0 aromatic carbocycles. The fourth-order valence-corrected chi connectivity index (χ4v) is 1.29. The lowest BCUT2D eigenvalue weighted by Gasteiger charge is -2.17. The molecule has 3 N–H and O–H groups in total. The molecule has 0 aliphatic rings. The van der Waals surface area contributed by atoms with Gasteiger partial charge < -0.3 is 10.8 Å². The third kappa shape index (κ3) is 5.40. The van der Waals surface area contributed by atoms with Crippen LogP contribution in [-0.2, 0) is 4.79 Å². The highest BCUT2D eigenvalue weighted by Crippen LogP contribution is 2.34. The number of thioether (sulfide) groups is 1. The number of alkyl halides is 3. The first-order chi connectivity index (χ1) is 5.73. The van der Waals surface area contributed by atoms with Gasteiger partial charge in [0, 0.05) is 0 Å². The number of aliphatic carboxylic acids is 1. The fraction of sp³-hybridized carbons (Fsp3) is 0.500. The summed E-state index contributed by atoms with van der Waals surface area (Å²) in [5, 5.41) is 5.90. The van der Waals surface area contributed by atoms with Crippen molar-refractivity contribution in [1.29, 1.82) is 0 Å². The number of halogens is 3. The van der Waals surface area contributed by atoms with Gasteiger partial charge in [0.05, 0.1) is 11.4 Å². The average molecular weight is 215 g/mol. The van der Waals surface area contributed by atoms with Crippen molar-refractivity contribution in [3.05, 3.63) is 11.6 Å². The van der Waals surface area contributed by atoms with Gasteiger partial charge in [-0.1, -0.05) is 18.3 Å². The van der Waals surface area contributed by atoms with Crippen LogP contribution < -0.4 is 5.73 Å². The van der Waals surface area contributed by atoms with E-state index < -0.39 is 23.8 Å². The van der Waals surface area contributed by atoms with Gasteiger partial charge >= 0.3 is 12.1 Å². The summed E-state index contributed by atoms with van der Waals surface area (Å²) in [5.41, 5.74) is 4.94. The molecule has 0 aliphatic carbocycles. The van der Waals surface area contributed by atoms with Gasteiger partial charge in [0.1, 0.15) is 5.25 Å². The van der Waals surface area contributed by atoms with Gasteiger partial charge in [0.15, 0.2) is 0 Å². The van der Waals surface area contributed by atoms with E-state index in [1.165, 1.54) is 0 Å². The minimum atomic E-state index is -4.58. The first kappa shape index (κ1) is 12.2. The SMILES string of the molecule is C=C(N)SC(CC(=O)O)C(F)(F)F. The topological polar surface area (TPSA) is 63.3 Å².